The molecule has 0 atom stereocenters. The van der Waals surface area contributed by atoms with Gasteiger partial charge in [-0.25, -0.2) is 9.37 Å². The van der Waals surface area contributed by atoms with Crippen molar-refractivity contribution < 1.29 is 9.13 Å². The second-order valence-electron chi connectivity index (χ2n) is 4.69. The number of aromatic nitrogens is 2. The first-order valence-corrected chi connectivity index (χ1v) is 6.43. The molecule has 1 aromatic heterocycles. The minimum atomic E-state index is -0.261. The van der Waals surface area contributed by atoms with Gasteiger partial charge in [0.2, 0.25) is 0 Å². The lowest BCUT2D eigenvalue weighted by Crippen LogP contribution is -2.04. The third-order valence-electron chi connectivity index (χ3n) is 3.42. The molecule has 0 amide bonds. The number of para-hydroxylation sites is 2. The molecule has 20 heavy (non-hydrogen) atoms. The van der Waals surface area contributed by atoms with Crippen LogP contribution >= 0.6 is 0 Å². The van der Waals surface area contributed by atoms with Crippen molar-refractivity contribution in [2.24, 2.45) is 0 Å². The summed E-state index contributed by atoms with van der Waals surface area (Å²) in [6.07, 6.45) is 0. The van der Waals surface area contributed by atoms with Gasteiger partial charge in [-0.1, -0.05) is 12.1 Å². The molecule has 0 saturated heterocycles. The Morgan fingerprint density at radius 3 is 2.80 bits per heavy atom. The number of nitrogens with zero attached hydrogens (tertiary/aromatic N) is 2. The van der Waals surface area contributed by atoms with Crippen molar-refractivity contribution in [3.8, 4) is 5.75 Å². The Balaban J connectivity index is 2.09. The summed E-state index contributed by atoms with van der Waals surface area (Å²) in [5, 5.41) is 0. The van der Waals surface area contributed by atoms with Gasteiger partial charge in [0, 0.05) is 5.56 Å². The Morgan fingerprint density at radius 1 is 1.20 bits per heavy atom. The van der Waals surface area contributed by atoms with E-state index < -0.39 is 0 Å². The molecule has 0 fully saturated rings. The number of benzene rings is 2. The predicted molar refractivity (Wildman–Crippen MR) is 76.5 cm³/mol. The van der Waals surface area contributed by atoms with Crippen molar-refractivity contribution in [2.45, 2.75) is 13.5 Å². The molecule has 0 N–H and O–H groups in total. The Kier molecular flexibility index (Phi) is 3.14. The number of methoxy groups -OCH3 is 1. The molecule has 0 radical (unpaired) electrons. The van der Waals surface area contributed by atoms with Crippen LogP contribution in [0, 0.1) is 12.7 Å². The van der Waals surface area contributed by atoms with Gasteiger partial charge in [0.25, 0.3) is 0 Å². The number of hydrogen-bond donors (Lipinski definition) is 0. The number of hydrogen-bond acceptors (Lipinski definition) is 2. The van der Waals surface area contributed by atoms with Crippen LogP contribution in [-0.2, 0) is 6.54 Å². The van der Waals surface area contributed by atoms with E-state index in [-0.39, 0.29) is 5.82 Å². The molecule has 0 saturated carbocycles. The summed E-state index contributed by atoms with van der Waals surface area (Å²) in [5.74, 6) is 1.32. The SMILES string of the molecule is COc1ccc(F)cc1Cn1c(C)nc2ccccc21. The first kappa shape index (κ1) is 12.7. The van der Waals surface area contributed by atoms with Crippen LogP contribution in [0.5, 0.6) is 5.75 Å². The molecule has 4 heteroatoms. The zero-order valence-corrected chi connectivity index (χ0v) is 11.4. The number of halogens is 1. The Hall–Kier alpha value is -2.36. The van der Waals surface area contributed by atoms with Gasteiger partial charge < -0.3 is 9.30 Å². The molecule has 0 unspecified atom stereocenters. The third kappa shape index (κ3) is 2.13. The van der Waals surface area contributed by atoms with Gasteiger partial charge in [0.15, 0.2) is 0 Å². The van der Waals surface area contributed by atoms with Crippen LogP contribution in [0.3, 0.4) is 0 Å². The second-order valence-corrected chi connectivity index (χ2v) is 4.69. The van der Waals surface area contributed by atoms with Crippen molar-refractivity contribution in [1.82, 2.24) is 9.55 Å². The summed E-state index contributed by atoms with van der Waals surface area (Å²) in [7, 11) is 1.59. The molecular weight excluding hydrogens is 255 g/mol. The largest absolute Gasteiger partial charge is 0.496 e. The van der Waals surface area contributed by atoms with Crippen molar-refractivity contribution in [3.63, 3.8) is 0 Å². The van der Waals surface area contributed by atoms with Gasteiger partial charge in [-0.05, 0) is 37.3 Å². The normalized spacial score (nSPS) is 10.9. The minimum Gasteiger partial charge on any atom is -0.496 e. The van der Waals surface area contributed by atoms with Crippen LogP contribution in [0.4, 0.5) is 4.39 Å². The molecule has 1 heterocycles. The van der Waals surface area contributed by atoms with Crippen LogP contribution in [0.25, 0.3) is 11.0 Å². The lowest BCUT2D eigenvalue weighted by atomic mass is 10.2. The Morgan fingerprint density at radius 2 is 2.00 bits per heavy atom. The van der Waals surface area contributed by atoms with E-state index in [1.807, 2.05) is 31.2 Å². The predicted octanol–water partition coefficient (Wildman–Crippen LogP) is 3.54. The molecule has 3 nitrogen and oxygen atoms in total. The van der Waals surface area contributed by atoms with Crippen molar-refractivity contribution in [2.75, 3.05) is 7.11 Å². The zero-order chi connectivity index (χ0) is 14.1. The van der Waals surface area contributed by atoms with Gasteiger partial charge >= 0.3 is 0 Å². The molecule has 102 valence electrons. The summed E-state index contributed by atoms with van der Waals surface area (Å²) >= 11 is 0. The van der Waals surface area contributed by atoms with E-state index in [0.717, 1.165) is 22.4 Å². The molecule has 0 aliphatic rings. The highest BCUT2D eigenvalue weighted by Crippen LogP contribution is 2.23. The number of aryl methyl sites for hydroxylation is 1. The standard InChI is InChI=1S/C16H15FN2O/c1-11-18-14-5-3-4-6-15(14)19(11)10-12-9-13(17)7-8-16(12)20-2/h3-9H,10H2,1-2H3. The smallest absolute Gasteiger partial charge is 0.124 e. The maximum Gasteiger partial charge on any atom is 0.124 e. The highest BCUT2D eigenvalue weighted by atomic mass is 19.1. The van der Waals surface area contributed by atoms with E-state index >= 15 is 0 Å². The summed E-state index contributed by atoms with van der Waals surface area (Å²) in [5.41, 5.74) is 2.79. The van der Waals surface area contributed by atoms with E-state index in [9.17, 15) is 4.39 Å². The fraction of sp³-hybridized carbons (Fsp3) is 0.188. The lowest BCUT2D eigenvalue weighted by molar-refractivity contribution is 0.407. The fourth-order valence-corrected chi connectivity index (χ4v) is 2.44. The summed E-state index contributed by atoms with van der Waals surface area (Å²) in [4.78, 5) is 4.52. The molecule has 0 aliphatic carbocycles. The lowest BCUT2D eigenvalue weighted by Gasteiger charge is -2.11. The number of fused-ring (bicyclic) bond motifs is 1. The molecule has 0 spiro atoms. The highest BCUT2D eigenvalue weighted by molar-refractivity contribution is 5.76. The van der Waals surface area contributed by atoms with Crippen LogP contribution in [0.15, 0.2) is 42.5 Å². The number of rotatable bonds is 3. The number of ether oxygens (including phenoxy) is 1. The average Bonchev–Trinajstić information content (AvgIpc) is 2.76. The summed E-state index contributed by atoms with van der Waals surface area (Å²) in [6.45, 7) is 2.49. The first-order valence-electron chi connectivity index (χ1n) is 6.43. The van der Waals surface area contributed by atoms with Crippen molar-refractivity contribution >= 4 is 11.0 Å². The first-order chi connectivity index (χ1) is 9.69. The van der Waals surface area contributed by atoms with E-state index in [1.54, 1.807) is 13.2 Å². The fourth-order valence-electron chi connectivity index (χ4n) is 2.44. The average molecular weight is 270 g/mol. The zero-order valence-electron chi connectivity index (χ0n) is 11.4. The molecule has 3 rings (SSSR count). The molecular formula is C16H15FN2O. The molecule has 0 bridgehead atoms. The maximum absolute atomic E-state index is 13.4. The van der Waals surface area contributed by atoms with Gasteiger partial charge in [-0.2, -0.15) is 0 Å². The summed E-state index contributed by atoms with van der Waals surface area (Å²) in [6, 6.07) is 12.5. The van der Waals surface area contributed by atoms with Crippen LogP contribution in [-0.4, -0.2) is 16.7 Å². The topological polar surface area (TPSA) is 27.1 Å². The second kappa shape index (κ2) is 4.96. The van der Waals surface area contributed by atoms with Crippen LogP contribution < -0.4 is 4.74 Å². The number of imidazole rings is 1. The monoisotopic (exact) mass is 270 g/mol. The van der Waals surface area contributed by atoms with E-state index in [0.29, 0.717) is 12.3 Å². The van der Waals surface area contributed by atoms with Crippen molar-refractivity contribution in [1.29, 1.82) is 0 Å². The van der Waals surface area contributed by atoms with Gasteiger partial charge in [-0.15, -0.1) is 0 Å². The quantitative estimate of drug-likeness (QED) is 0.728. The van der Waals surface area contributed by atoms with Crippen molar-refractivity contribution in [3.05, 3.63) is 59.7 Å². The van der Waals surface area contributed by atoms with Crippen LogP contribution in [0.2, 0.25) is 0 Å². The van der Waals surface area contributed by atoms with Gasteiger partial charge in [0.1, 0.15) is 17.4 Å². The van der Waals surface area contributed by atoms with E-state index in [4.69, 9.17) is 4.74 Å². The van der Waals surface area contributed by atoms with E-state index in [2.05, 4.69) is 9.55 Å². The summed E-state index contributed by atoms with van der Waals surface area (Å²) < 4.78 is 20.8. The minimum absolute atomic E-state index is 0.261. The van der Waals surface area contributed by atoms with E-state index in [1.165, 1.54) is 12.1 Å². The Labute approximate surface area is 116 Å². The van der Waals surface area contributed by atoms with Gasteiger partial charge in [-0.3, -0.25) is 0 Å². The Bertz CT molecular complexity index is 764. The third-order valence-corrected chi connectivity index (χ3v) is 3.42. The van der Waals surface area contributed by atoms with Crippen LogP contribution in [0.1, 0.15) is 11.4 Å². The molecule has 0 aliphatic heterocycles. The molecule has 3 aromatic rings. The highest BCUT2D eigenvalue weighted by Gasteiger charge is 2.10. The molecule has 2 aromatic carbocycles. The van der Waals surface area contributed by atoms with Gasteiger partial charge in [0.05, 0.1) is 24.7 Å². The maximum atomic E-state index is 13.4.